The molecule has 0 saturated heterocycles. The maximum absolute atomic E-state index is 11.6. The number of nitrogens with zero attached hydrogens (tertiary/aromatic N) is 1. The molecule has 2 N–H and O–H groups in total. The van der Waals surface area contributed by atoms with Crippen LogP contribution < -0.4 is 5.32 Å². The van der Waals surface area contributed by atoms with Crippen molar-refractivity contribution in [3.8, 4) is 0 Å². The first-order chi connectivity index (χ1) is 8.57. The van der Waals surface area contributed by atoms with Crippen molar-refractivity contribution in [2.24, 2.45) is 5.92 Å². The zero-order valence-electron chi connectivity index (χ0n) is 11.6. The van der Waals surface area contributed by atoms with E-state index in [1.54, 1.807) is 0 Å². The molecule has 2 saturated carbocycles. The van der Waals surface area contributed by atoms with Crippen LogP contribution in [0.4, 0.5) is 0 Å². The largest absolute Gasteiger partial charge is 0.480 e. The summed E-state index contributed by atoms with van der Waals surface area (Å²) in [6.07, 6.45) is 6.38. The molecule has 2 rings (SSSR count). The Morgan fingerprint density at radius 2 is 2.17 bits per heavy atom. The quantitative estimate of drug-likeness (QED) is 0.757. The van der Waals surface area contributed by atoms with E-state index in [0.29, 0.717) is 6.04 Å². The van der Waals surface area contributed by atoms with Gasteiger partial charge in [0.15, 0.2) is 0 Å². The number of nitrogens with one attached hydrogen (secondary N) is 1. The van der Waals surface area contributed by atoms with Crippen LogP contribution in [0.1, 0.15) is 45.4 Å². The number of carboxylic acids is 1. The maximum Gasteiger partial charge on any atom is 0.323 e. The van der Waals surface area contributed by atoms with Gasteiger partial charge in [-0.2, -0.15) is 0 Å². The van der Waals surface area contributed by atoms with E-state index in [0.717, 1.165) is 44.7 Å². The fourth-order valence-corrected chi connectivity index (χ4v) is 3.25. The van der Waals surface area contributed by atoms with E-state index < -0.39 is 11.5 Å². The van der Waals surface area contributed by atoms with Gasteiger partial charge in [-0.15, -0.1) is 0 Å². The third kappa shape index (κ3) is 3.04. The molecule has 0 heterocycles. The molecule has 0 bridgehead atoms. The summed E-state index contributed by atoms with van der Waals surface area (Å²) in [7, 11) is 2.16. The number of hydrogen-bond donors (Lipinski definition) is 2. The number of carboxylic acid groups (broad SMARTS) is 1. The van der Waals surface area contributed by atoms with Crippen LogP contribution in [0.5, 0.6) is 0 Å². The zero-order valence-corrected chi connectivity index (χ0v) is 11.6. The van der Waals surface area contributed by atoms with Gasteiger partial charge in [0.25, 0.3) is 0 Å². The molecule has 0 radical (unpaired) electrons. The van der Waals surface area contributed by atoms with Crippen LogP contribution in [0.15, 0.2) is 0 Å². The first-order valence-corrected chi connectivity index (χ1v) is 7.26. The molecule has 2 aliphatic carbocycles. The van der Waals surface area contributed by atoms with Crippen molar-refractivity contribution in [1.29, 1.82) is 0 Å². The average Bonchev–Trinajstić information content (AvgIpc) is 3.13. The van der Waals surface area contributed by atoms with Crippen LogP contribution >= 0.6 is 0 Å². The molecule has 18 heavy (non-hydrogen) atoms. The molecular weight excluding hydrogens is 228 g/mol. The summed E-state index contributed by atoms with van der Waals surface area (Å²) in [5.41, 5.74) is -0.685. The van der Waals surface area contributed by atoms with Gasteiger partial charge in [-0.3, -0.25) is 4.79 Å². The lowest BCUT2D eigenvalue weighted by Gasteiger charge is -2.41. The van der Waals surface area contributed by atoms with Gasteiger partial charge in [0, 0.05) is 12.6 Å². The second-order valence-corrected chi connectivity index (χ2v) is 6.05. The minimum atomic E-state index is -0.685. The summed E-state index contributed by atoms with van der Waals surface area (Å²) < 4.78 is 0. The normalized spacial score (nSPS) is 32.7. The van der Waals surface area contributed by atoms with Crippen molar-refractivity contribution in [3.05, 3.63) is 0 Å². The number of aliphatic carboxylic acids is 1. The van der Waals surface area contributed by atoms with Crippen molar-refractivity contribution < 1.29 is 9.90 Å². The smallest absolute Gasteiger partial charge is 0.323 e. The van der Waals surface area contributed by atoms with Gasteiger partial charge in [-0.1, -0.05) is 6.92 Å². The van der Waals surface area contributed by atoms with Crippen molar-refractivity contribution in [3.63, 3.8) is 0 Å². The van der Waals surface area contributed by atoms with E-state index in [2.05, 4.69) is 17.3 Å². The Labute approximate surface area is 110 Å². The highest BCUT2D eigenvalue weighted by Gasteiger charge is 2.43. The van der Waals surface area contributed by atoms with Crippen LogP contribution in [-0.4, -0.2) is 47.7 Å². The van der Waals surface area contributed by atoms with Gasteiger partial charge in [0.2, 0.25) is 0 Å². The van der Waals surface area contributed by atoms with Crippen molar-refractivity contribution >= 4 is 5.97 Å². The lowest BCUT2D eigenvalue weighted by atomic mass is 9.78. The number of rotatable bonds is 6. The lowest BCUT2D eigenvalue weighted by molar-refractivity contribution is -0.147. The minimum absolute atomic E-state index is 0.425. The van der Waals surface area contributed by atoms with Gasteiger partial charge >= 0.3 is 5.97 Å². The molecule has 4 heteroatoms. The topological polar surface area (TPSA) is 52.6 Å². The fourth-order valence-electron chi connectivity index (χ4n) is 3.25. The van der Waals surface area contributed by atoms with Crippen molar-refractivity contribution in [2.75, 3.05) is 20.1 Å². The van der Waals surface area contributed by atoms with Gasteiger partial charge in [0.05, 0.1) is 0 Å². The van der Waals surface area contributed by atoms with E-state index in [-0.39, 0.29) is 0 Å². The molecular formula is C14H26N2O2. The standard InChI is InChI=1S/C14H26N2O2/c1-3-15-14(13(17)18)8-4-5-12(9-14)16(2)10-11-6-7-11/h11-12,15H,3-10H2,1-2H3,(H,17,18). The lowest BCUT2D eigenvalue weighted by Crippen LogP contribution is -2.58. The van der Waals surface area contributed by atoms with Crippen molar-refractivity contribution in [1.82, 2.24) is 10.2 Å². The fraction of sp³-hybridized carbons (Fsp3) is 0.929. The predicted octanol–water partition coefficient (Wildman–Crippen LogP) is 1.70. The predicted molar refractivity (Wildman–Crippen MR) is 71.7 cm³/mol. The van der Waals surface area contributed by atoms with E-state index in [1.807, 2.05) is 6.92 Å². The molecule has 0 aliphatic heterocycles. The first kappa shape index (κ1) is 13.8. The summed E-state index contributed by atoms with van der Waals surface area (Å²) in [5, 5.41) is 12.8. The van der Waals surface area contributed by atoms with Gasteiger partial charge in [-0.25, -0.2) is 0 Å². The zero-order chi connectivity index (χ0) is 13.2. The number of likely N-dealkylation sites (N-methyl/N-ethyl adjacent to an activating group) is 1. The van der Waals surface area contributed by atoms with Gasteiger partial charge < -0.3 is 15.3 Å². The highest BCUT2D eigenvalue weighted by atomic mass is 16.4. The SMILES string of the molecule is CCNC1(C(=O)O)CCCC(N(C)CC2CC2)C1. The molecule has 0 spiro atoms. The number of carbonyl (C=O) groups is 1. The minimum Gasteiger partial charge on any atom is -0.480 e. The molecule has 4 nitrogen and oxygen atoms in total. The second kappa shape index (κ2) is 5.57. The molecule has 2 unspecified atom stereocenters. The van der Waals surface area contributed by atoms with Crippen molar-refractivity contribution in [2.45, 2.75) is 57.0 Å². The summed E-state index contributed by atoms with van der Waals surface area (Å²) in [6, 6.07) is 0.425. The van der Waals surface area contributed by atoms with E-state index in [1.165, 1.54) is 12.8 Å². The molecule has 0 aromatic heterocycles. The third-order valence-electron chi connectivity index (χ3n) is 4.52. The maximum atomic E-state index is 11.6. The summed E-state index contributed by atoms with van der Waals surface area (Å²) in [4.78, 5) is 14.0. The summed E-state index contributed by atoms with van der Waals surface area (Å²) in [6.45, 7) is 3.86. The molecule has 2 aliphatic rings. The molecule has 2 atom stereocenters. The Kier molecular flexibility index (Phi) is 4.28. The second-order valence-electron chi connectivity index (χ2n) is 6.05. The summed E-state index contributed by atoms with van der Waals surface area (Å²) >= 11 is 0. The molecule has 0 amide bonds. The monoisotopic (exact) mass is 254 g/mol. The molecule has 0 aromatic rings. The Morgan fingerprint density at radius 3 is 2.72 bits per heavy atom. The van der Waals surface area contributed by atoms with Crippen LogP contribution in [0.3, 0.4) is 0 Å². The van der Waals surface area contributed by atoms with Crippen LogP contribution in [-0.2, 0) is 4.79 Å². The molecule has 104 valence electrons. The first-order valence-electron chi connectivity index (χ1n) is 7.26. The Morgan fingerprint density at radius 1 is 1.44 bits per heavy atom. The van der Waals surface area contributed by atoms with E-state index in [4.69, 9.17) is 0 Å². The van der Waals surface area contributed by atoms with Crippen LogP contribution in [0, 0.1) is 5.92 Å². The highest BCUT2D eigenvalue weighted by molar-refractivity contribution is 5.79. The third-order valence-corrected chi connectivity index (χ3v) is 4.52. The van der Waals surface area contributed by atoms with Gasteiger partial charge in [-0.05, 0) is 58.0 Å². The Hall–Kier alpha value is -0.610. The Bertz CT molecular complexity index is 300. The van der Waals surface area contributed by atoms with E-state index in [9.17, 15) is 9.90 Å². The highest BCUT2D eigenvalue weighted by Crippen LogP contribution is 2.34. The van der Waals surface area contributed by atoms with E-state index >= 15 is 0 Å². The van der Waals surface area contributed by atoms with Crippen LogP contribution in [0.2, 0.25) is 0 Å². The average molecular weight is 254 g/mol. The van der Waals surface area contributed by atoms with Crippen LogP contribution in [0.25, 0.3) is 0 Å². The van der Waals surface area contributed by atoms with Gasteiger partial charge in [0.1, 0.15) is 5.54 Å². The Balaban J connectivity index is 1.98. The number of hydrogen-bond acceptors (Lipinski definition) is 3. The molecule has 0 aromatic carbocycles. The molecule has 2 fully saturated rings. The summed E-state index contributed by atoms with van der Waals surface area (Å²) in [5.74, 6) is 0.198.